The zero-order valence-electron chi connectivity index (χ0n) is 11.7. The first-order valence-corrected chi connectivity index (χ1v) is 8.56. The van der Waals surface area contributed by atoms with Gasteiger partial charge in [-0.05, 0) is 43.6 Å². The number of hydrogen-bond acceptors (Lipinski definition) is 3. The van der Waals surface area contributed by atoms with Crippen molar-refractivity contribution in [3.8, 4) is 0 Å². The van der Waals surface area contributed by atoms with Gasteiger partial charge in [0, 0.05) is 5.41 Å². The minimum atomic E-state index is -3.45. The average molecular weight is 283 g/mol. The third-order valence-corrected chi connectivity index (χ3v) is 7.85. The van der Waals surface area contributed by atoms with Crippen LogP contribution in [-0.2, 0) is 14.8 Å². The Morgan fingerprint density at radius 3 is 2.63 bits per heavy atom. The molecule has 0 N–H and O–H groups in total. The molecule has 1 spiro atoms. The van der Waals surface area contributed by atoms with Crippen molar-refractivity contribution in [3.63, 3.8) is 0 Å². The summed E-state index contributed by atoms with van der Waals surface area (Å²) in [6.07, 6.45) is 5.87. The predicted molar refractivity (Wildman–Crippen MR) is 72.8 cm³/mol. The van der Waals surface area contributed by atoms with Crippen LogP contribution in [-0.4, -0.2) is 30.4 Å². The molecule has 4 nitrogen and oxygen atoms in total. The van der Waals surface area contributed by atoms with Crippen molar-refractivity contribution >= 4 is 15.9 Å². The molecule has 106 valence electrons. The second-order valence-electron chi connectivity index (χ2n) is 6.76. The summed E-state index contributed by atoms with van der Waals surface area (Å²) in [7, 11) is -3.45. The van der Waals surface area contributed by atoms with E-state index in [1.165, 1.54) is 10.4 Å². The second kappa shape index (κ2) is 3.62. The molecule has 1 aliphatic heterocycles. The van der Waals surface area contributed by atoms with E-state index >= 15 is 0 Å². The van der Waals surface area contributed by atoms with Crippen LogP contribution >= 0.6 is 0 Å². The molecule has 3 fully saturated rings. The quantitative estimate of drug-likeness (QED) is 0.691. The van der Waals surface area contributed by atoms with Crippen molar-refractivity contribution in [2.45, 2.75) is 46.1 Å². The van der Waals surface area contributed by atoms with E-state index in [1.807, 2.05) is 0 Å². The third kappa shape index (κ3) is 1.40. The van der Waals surface area contributed by atoms with Gasteiger partial charge in [-0.1, -0.05) is 19.9 Å². The van der Waals surface area contributed by atoms with E-state index in [-0.39, 0.29) is 28.5 Å². The van der Waals surface area contributed by atoms with Crippen molar-refractivity contribution in [2.24, 2.45) is 16.7 Å². The highest BCUT2D eigenvalue weighted by Gasteiger charge is 2.72. The van der Waals surface area contributed by atoms with Gasteiger partial charge in [0.1, 0.15) is 0 Å². The summed E-state index contributed by atoms with van der Waals surface area (Å²) in [5, 5.41) is 0. The number of rotatable bonds is 1. The Hall–Kier alpha value is -0.840. The van der Waals surface area contributed by atoms with Crippen LogP contribution in [0.5, 0.6) is 0 Å². The average Bonchev–Trinajstić information content (AvgIpc) is 2.75. The van der Waals surface area contributed by atoms with E-state index in [9.17, 15) is 13.2 Å². The van der Waals surface area contributed by atoms with Gasteiger partial charge in [-0.25, -0.2) is 12.7 Å². The maximum absolute atomic E-state index is 12.4. The van der Waals surface area contributed by atoms with Gasteiger partial charge in [-0.2, -0.15) is 0 Å². The Labute approximate surface area is 114 Å². The van der Waals surface area contributed by atoms with Crippen LogP contribution in [0.4, 0.5) is 0 Å². The van der Waals surface area contributed by atoms with Crippen molar-refractivity contribution in [3.05, 3.63) is 12.2 Å². The van der Waals surface area contributed by atoms with Crippen molar-refractivity contribution in [2.75, 3.05) is 5.75 Å². The number of nitrogens with zero attached hydrogens (tertiary/aromatic N) is 1. The molecule has 1 saturated heterocycles. The van der Waals surface area contributed by atoms with Gasteiger partial charge in [-0.3, -0.25) is 4.79 Å². The topological polar surface area (TPSA) is 54.5 Å². The first-order valence-electron chi connectivity index (χ1n) is 6.95. The summed E-state index contributed by atoms with van der Waals surface area (Å²) in [6, 6.07) is -0.116. The van der Waals surface area contributed by atoms with Gasteiger partial charge in [-0.15, -0.1) is 0 Å². The highest BCUT2D eigenvalue weighted by Crippen LogP contribution is 2.69. The Balaban J connectivity index is 2.09. The van der Waals surface area contributed by atoms with Crippen LogP contribution in [0.2, 0.25) is 0 Å². The lowest BCUT2D eigenvalue weighted by molar-refractivity contribution is -0.124. The molecule has 2 aliphatic carbocycles. The lowest BCUT2D eigenvalue weighted by Crippen LogP contribution is -2.43. The highest BCUT2D eigenvalue weighted by molar-refractivity contribution is 7.90. The van der Waals surface area contributed by atoms with E-state index in [4.69, 9.17) is 0 Å². The molecule has 3 atom stereocenters. The van der Waals surface area contributed by atoms with E-state index in [1.54, 1.807) is 13.0 Å². The summed E-state index contributed by atoms with van der Waals surface area (Å²) >= 11 is 0. The Morgan fingerprint density at radius 2 is 2.05 bits per heavy atom. The van der Waals surface area contributed by atoms with Gasteiger partial charge in [0.05, 0.1) is 11.8 Å². The predicted octanol–water partition coefficient (Wildman–Crippen LogP) is 1.93. The summed E-state index contributed by atoms with van der Waals surface area (Å²) in [4.78, 5) is 12.1. The Bertz CT molecular complexity index is 563. The van der Waals surface area contributed by atoms with Gasteiger partial charge in [0.25, 0.3) is 5.91 Å². The van der Waals surface area contributed by atoms with Crippen molar-refractivity contribution in [1.29, 1.82) is 0 Å². The van der Waals surface area contributed by atoms with Crippen molar-refractivity contribution < 1.29 is 13.2 Å². The molecular weight excluding hydrogens is 262 g/mol. The van der Waals surface area contributed by atoms with Crippen LogP contribution in [0.25, 0.3) is 0 Å². The van der Waals surface area contributed by atoms with Gasteiger partial charge in [0.15, 0.2) is 0 Å². The van der Waals surface area contributed by atoms with Crippen LogP contribution in [0.15, 0.2) is 12.2 Å². The lowest BCUT2D eigenvalue weighted by Gasteiger charge is -2.36. The van der Waals surface area contributed by atoms with Crippen molar-refractivity contribution in [1.82, 2.24) is 4.31 Å². The van der Waals surface area contributed by atoms with E-state index in [0.29, 0.717) is 5.92 Å². The fraction of sp³-hybridized carbons (Fsp3) is 0.786. The number of allylic oxidation sites excluding steroid dienone is 1. The zero-order chi connectivity index (χ0) is 14.1. The SMILES string of the molecule is CC=CC(=O)N1[C@@H]2C[C@H]3CC[C@]2(CS1(=O)=O)C3(C)C. The number of carbonyl (C=O) groups is 1. The molecular formula is C14H21NO3S. The van der Waals surface area contributed by atoms with Crippen LogP contribution < -0.4 is 0 Å². The number of sulfonamides is 1. The summed E-state index contributed by atoms with van der Waals surface area (Å²) in [5.74, 6) is 0.332. The molecule has 3 aliphatic rings. The largest absolute Gasteiger partial charge is 0.269 e. The Morgan fingerprint density at radius 1 is 1.37 bits per heavy atom. The number of amides is 1. The van der Waals surface area contributed by atoms with E-state index in [2.05, 4.69) is 13.8 Å². The molecule has 5 heteroatoms. The van der Waals surface area contributed by atoms with E-state index < -0.39 is 10.0 Å². The molecule has 1 amide bonds. The van der Waals surface area contributed by atoms with Crippen LogP contribution in [0.1, 0.15) is 40.0 Å². The fourth-order valence-corrected chi connectivity index (χ4v) is 7.30. The van der Waals surface area contributed by atoms with Gasteiger partial charge >= 0.3 is 0 Å². The maximum Gasteiger partial charge on any atom is 0.259 e. The third-order valence-electron chi connectivity index (χ3n) is 5.94. The molecule has 19 heavy (non-hydrogen) atoms. The Kier molecular flexibility index (Phi) is 2.51. The second-order valence-corrected chi connectivity index (χ2v) is 8.60. The molecule has 0 radical (unpaired) electrons. The summed E-state index contributed by atoms with van der Waals surface area (Å²) in [5.41, 5.74) is -0.191. The number of carbonyl (C=O) groups excluding carboxylic acids is 1. The first kappa shape index (κ1) is 13.2. The molecule has 2 bridgehead atoms. The normalized spacial score (nSPS) is 41.9. The molecule has 3 rings (SSSR count). The number of hydrogen-bond donors (Lipinski definition) is 0. The first-order chi connectivity index (χ1) is 8.76. The maximum atomic E-state index is 12.4. The summed E-state index contributed by atoms with van der Waals surface area (Å²) in [6.45, 7) is 6.11. The zero-order valence-corrected chi connectivity index (χ0v) is 12.5. The number of fused-ring (bicyclic) bond motifs is 1. The van der Waals surface area contributed by atoms with Crippen LogP contribution in [0, 0.1) is 16.7 Å². The van der Waals surface area contributed by atoms with Crippen LogP contribution in [0.3, 0.4) is 0 Å². The molecule has 2 saturated carbocycles. The van der Waals surface area contributed by atoms with Gasteiger partial charge in [0.2, 0.25) is 10.0 Å². The molecule has 0 aromatic carbocycles. The molecule has 1 heterocycles. The monoisotopic (exact) mass is 283 g/mol. The minimum absolute atomic E-state index is 0.0235. The van der Waals surface area contributed by atoms with Gasteiger partial charge < -0.3 is 0 Å². The summed E-state index contributed by atoms with van der Waals surface area (Å²) < 4.78 is 26.1. The molecule has 0 unspecified atom stereocenters. The van der Waals surface area contributed by atoms with E-state index in [0.717, 1.165) is 19.3 Å². The fourth-order valence-electron chi connectivity index (χ4n) is 4.80. The smallest absolute Gasteiger partial charge is 0.259 e. The molecule has 0 aromatic rings. The standard InChI is InChI=1S/C14H21NO3S/c1-4-5-12(16)15-11-8-10-6-7-14(11,13(10,2)3)9-19(15,17)18/h4-5,10-11H,6-9H2,1-3H3/t10-,11-,14-/m1/s1. The highest BCUT2D eigenvalue weighted by atomic mass is 32.2. The molecule has 0 aromatic heterocycles. The lowest BCUT2D eigenvalue weighted by atomic mass is 9.69. The minimum Gasteiger partial charge on any atom is -0.269 e.